The molecule has 0 bridgehead atoms. The van der Waals surface area contributed by atoms with E-state index in [4.69, 9.17) is 0 Å². The molecule has 0 amide bonds. The van der Waals surface area contributed by atoms with E-state index in [1.165, 1.54) is 11.7 Å². The minimum atomic E-state index is 1.12. The molecule has 0 spiro atoms. The maximum atomic E-state index is 2.29. The van der Waals surface area contributed by atoms with E-state index >= 15 is 0 Å². The SMILES string of the molecule is CN1CCN(C)C1=C/C=C/C1=[N+](C)CCN1C. The minimum Gasteiger partial charge on any atom is -0.360 e. The van der Waals surface area contributed by atoms with Crippen molar-refractivity contribution in [2.45, 2.75) is 0 Å². The lowest BCUT2D eigenvalue weighted by Crippen LogP contribution is -2.22. The summed E-state index contributed by atoms with van der Waals surface area (Å²) in [4.78, 5) is 6.87. The van der Waals surface area contributed by atoms with Gasteiger partial charge < -0.3 is 9.80 Å². The van der Waals surface area contributed by atoms with Crippen molar-refractivity contribution < 1.29 is 4.58 Å². The summed E-state index contributed by atoms with van der Waals surface area (Å²) >= 11 is 0. The van der Waals surface area contributed by atoms with E-state index in [-0.39, 0.29) is 0 Å². The third-order valence-corrected chi connectivity index (χ3v) is 3.60. The highest BCUT2D eigenvalue weighted by Gasteiger charge is 2.21. The van der Waals surface area contributed by atoms with Crippen molar-refractivity contribution in [2.75, 3.05) is 54.4 Å². The van der Waals surface area contributed by atoms with Gasteiger partial charge in [-0.2, -0.15) is 0 Å². The largest absolute Gasteiger partial charge is 0.360 e. The quantitative estimate of drug-likeness (QED) is 0.637. The third-order valence-electron chi connectivity index (χ3n) is 3.60. The van der Waals surface area contributed by atoms with E-state index in [0.717, 1.165) is 26.2 Å². The fraction of sp³-hybridized carbons (Fsp3) is 0.615. The normalized spacial score (nSPS) is 21.4. The van der Waals surface area contributed by atoms with Crippen LogP contribution in [0.15, 0.2) is 24.0 Å². The van der Waals surface area contributed by atoms with Gasteiger partial charge in [0.05, 0.1) is 14.1 Å². The first kappa shape index (κ1) is 12.0. The summed E-state index contributed by atoms with van der Waals surface area (Å²) < 4.78 is 2.29. The van der Waals surface area contributed by atoms with E-state index in [0.29, 0.717) is 0 Å². The molecule has 0 saturated carbocycles. The molecule has 0 radical (unpaired) electrons. The zero-order valence-electron chi connectivity index (χ0n) is 11.3. The topological polar surface area (TPSA) is 12.7 Å². The predicted octanol–water partition coefficient (Wildman–Crippen LogP) is 0.247. The Bertz CT molecular complexity index is 369. The average molecular weight is 235 g/mol. The predicted molar refractivity (Wildman–Crippen MR) is 71.2 cm³/mol. The maximum Gasteiger partial charge on any atom is 0.271 e. The van der Waals surface area contributed by atoms with Gasteiger partial charge in [-0.15, -0.1) is 0 Å². The summed E-state index contributed by atoms with van der Waals surface area (Å²) in [5.41, 5.74) is 0. The summed E-state index contributed by atoms with van der Waals surface area (Å²) in [5.74, 6) is 2.59. The van der Waals surface area contributed by atoms with Crippen molar-refractivity contribution in [3.8, 4) is 0 Å². The van der Waals surface area contributed by atoms with Crippen LogP contribution in [0.2, 0.25) is 0 Å². The lowest BCUT2D eigenvalue weighted by Gasteiger charge is -2.16. The van der Waals surface area contributed by atoms with Crippen molar-refractivity contribution >= 4 is 5.84 Å². The first-order valence-corrected chi connectivity index (χ1v) is 6.19. The van der Waals surface area contributed by atoms with Gasteiger partial charge in [-0.1, -0.05) is 6.08 Å². The summed E-state index contributed by atoms with van der Waals surface area (Å²) in [7, 11) is 8.57. The van der Waals surface area contributed by atoms with Crippen LogP contribution in [0.3, 0.4) is 0 Å². The number of allylic oxidation sites excluding steroid dienone is 2. The Kier molecular flexibility index (Phi) is 3.41. The highest BCUT2D eigenvalue weighted by atomic mass is 15.4. The molecule has 4 nitrogen and oxygen atoms in total. The van der Waals surface area contributed by atoms with Crippen molar-refractivity contribution in [1.29, 1.82) is 0 Å². The fourth-order valence-electron chi connectivity index (χ4n) is 2.37. The zero-order chi connectivity index (χ0) is 12.4. The monoisotopic (exact) mass is 235 g/mol. The number of amidine groups is 1. The van der Waals surface area contributed by atoms with Crippen LogP contribution in [-0.4, -0.2) is 79.5 Å². The van der Waals surface area contributed by atoms with E-state index in [2.05, 4.69) is 65.7 Å². The number of hydrogen-bond acceptors (Lipinski definition) is 3. The summed E-state index contributed by atoms with van der Waals surface area (Å²) in [5, 5.41) is 0. The molecule has 4 heteroatoms. The molecule has 94 valence electrons. The van der Waals surface area contributed by atoms with Gasteiger partial charge >= 0.3 is 0 Å². The molecule has 2 rings (SSSR count). The Labute approximate surface area is 104 Å². The number of rotatable bonds is 2. The molecule has 2 aliphatic rings. The Morgan fingerprint density at radius 2 is 1.65 bits per heavy atom. The average Bonchev–Trinajstić information content (AvgIpc) is 2.77. The van der Waals surface area contributed by atoms with Gasteiger partial charge in [-0.3, -0.25) is 9.48 Å². The van der Waals surface area contributed by atoms with Crippen molar-refractivity contribution in [1.82, 2.24) is 14.7 Å². The van der Waals surface area contributed by atoms with Crippen LogP contribution in [0.4, 0.5) is 0 Å². The summed E-state index contributed by atoms with van der Waals surface area (Å²) in [6, 6.07) is 0. The van der Waals surface area contributed by atoms with Crippen LogP contribution >= 0.6 is 0 Å². The molecule has 0 aliphatic carbocycles. The molecule has 0 N–H and O–H groups in total. The van der Waals surface area contributed by atoms with E-state index in [1.54, 1.807) is 0 Å². The molecule has 0 aromatic heterocycles. The molecule has 0 aromatic rings. The molecule has 0 atom stereocenters. The van der Waals surface area contributed by atoms with Crippen LogP contribution in [0.1, 0.15) is 0 Å². The molecule has 0 unspecified atom stereocenters. The van der Waals surface area contributed by atoms with Gasteiger partial charge in [0.1, 0.15) is 18.9 Å². The number of hydrogen-bond donors (Lipinski definition) is 0. The van der Waals surface area contributed by atoms with Gasteiger partial charge in [0.15, 0.2) is 0 Å². The second-order valence-electron chi connectivity index (χ2n) is 4.93. The molecule has 1 fully saturated rings. The zero-order valence-corrected chi connectivity index (χ0v) is 11.3. The van der Waals surface area contributed by atoms with Crippen molar-refractivity contribution in [3.05, 3.63) is 24.0 Å². The second-order valence-corrected chi connectivity index (χ2v) is 4.93. The number of likely N-dealkylation sites (N-methyl/N-ethyl adjacent to an activating group) is 4. The van der Waals surface area contributed by atoms with E-state index in [1.807, 2.05) is 0 Å². The van der Waals surface area contributed by atoms with Gasteiger partial charge in [0, 0.05) is 33.3 Å². The fourth-order valence-corrected chi connectivity index (χ4v) is 2.37. The third kappa shape index (κ3) is 2.46. The summed E-state index contributed by atoms with van der Waals surface area (Å²) in [6.45, 7) is 4.47. The molecular weight excluding hydrogens is 212 g/mol. The first-order valence-electron chi connectivity index (χ1n) is 6.19. The molecule has 17 heavy (non-hydrogen) atoms. The van der Waals surface area contributed by atoms with Crippen molar-refractivity contribution in [3.63, 3.8) is 0 Å². The smallest absolute Gasteiger partial charge is 0.271 e. The van der Waals surface area contributed by atoms with Gasteiger partial charge in [0.2, 0.25) is 0 Å². The van der Waals surface area contributed by atoms with E-state index in [9.17, 15) is 0 Å². The Hall–Kier alpha value is -1.45. The molecule has 0 aromatic carbocycles. The Balaban J connectivity index is 2.07. The molecular formula is C13H23N4+. The van der Waals surface area contributed by atoms with Gasteiger partial charge in [0.25, 0.3) is 5.84 Å². The van der Waals surface area contributed by atoms with Gasteiger partial charge in [-0.25, -0.2) is 0 Å². The van der Waals surface area contributed by atoms with Crippen molar-refractivity contribution in [2.24, 2.45) is 0 Å². The standard InChI is InChI=1S/C13H23N4/c1-14-8-9-15(2)12(14)6-5-7-13-16(3)10-11-17(13)4/h5-7H,8-11H2,1-4H3/q+1. The second kappa shape index (κ2) is 4.82. The molecule has 2 heterocycles. The lowest BCUT2D eigenvalue weighted by molar-refractivity contribution is -0.485. The summed E-state index contributed by atoms with van der Waals surface area (Å²) in [6.07, 6.45) is 6.54. The lowest BCUT2D eigenvalue weighted by atomic mass is 10.4. The van der Waals surface area contributed by atoms with Crippen LogP contribution < -0.4 is 0 Å². The van der Waals surface area contributed by atoms with Crippen LogP contribution in [0.25, 0.3) is 0 Å². The number of nitrogens with zero attached hydrogens (tertiary/aromatic N) is 4. The Morgan fingerprint density at radius 1 is 1.00 bits per heavy atom. The Morgan fingerprint density at radius 3 is 2.18 bits per heavy atom. The maximum absolute atomic E-state index is 2.29. The highest BCUT2D eigenvalue weighted by Crippen LogP contribution is 2.13. The van der Waals surface area contributed by atoms with Gasteiger partial charge in [-0.05, 0) is 6.08 Å². The first-order chi connectivity index (χ1) is 8.09. The van der Waals surface area contributed by atoms with Crippen LogP contribution in [0.5, 0.6) is 0 Å². The van der Waals surface area contributed by atoms with E-state index < -0.39 is 0 Å². The van der Waals surface area contributed by atoms with Crippen LogP contribution in [-0.2, 0) is 0 Å². The highest BCUT2D eigenvalue weighted by molar-refractivity contribution is 5.89. The van der Waals surface area contributed by atoms with Crippen LogP contribution in [0, 0.1) is 0 Å². The molecule has 1 saturated heterocycles. The molecule has 2 aliphatic heterocycles. The minimum absolute atomic E-state index is 1.12.